The van der Waals surface area contributed by atoms with E-state index in [-0.39, 0.29) is 0 Å². The number of nitrogens with one attached hydrogen (secondary N) is 1. The summed E-state index contributed by atoms with van der Waals surface area (Å²) in [6, 6.07) is 8.60. The quantitative estimate of drug-likeness (QED) is 0.862. The molecule has 2 rings (SSSR count). The molecule has 17 heavy (non-hydrogen) atoms. The largest absolute Gasteiger partial charge is 0.497 e. The molecule has 1 fully saturated rings. The number of hydrogen-bond acceptors (Lipinski definition) is 2. The van der Waals surface area contributed by atoms with Crippen LogP contribution in [0.5, 0.6) is 5.75 Å². The Hall–Kier alpha value is -1.02. The Balaban J connectivity index is 2.16. The van der Waals surface area contributed by atoms with Crippen molar-refractivity contribution < 1.29 is 4.74 Å². The molecule has 2 unspecified atom stereocenters. The molecule has 0 heterocycles. The second-order valence-electron chi connectivity index (χ2n) is 4.99. The fraction of sp³-hybridized carbons (Fsp3) is 0.600. The van der Waals surface area contributed by atoms with E-state index in [1.807, 2.05) is 6.07 Å². The van der Waals surface area contributed by atoms with Crippen molar-refractivity contribution in [3.63, 3.8) is 0 Å². The summed E-state index contributed by atoms with van der Waals surface area (Å²) in [5.41, 5.74) is 1.45. The van der Waals surface area contributed by atoms with Gasteiger partial charge >= 0.3 is 0 Å². The molecule has 1 aliphatic carbocycles. The molecule has 0 aliphatic heterocycles. The lowest BCUT2D eigenvalue weighted by atomic mass is 9.75. The van der Waals surface area contributed by atoms with Crippen LogP contribution in [0.25, 0.3) is 0 Å². The Morgan fingerprint density at radius 1 is 1.29 bits per heavy atom. The Labute approximate surface area is 104 Å². The van der Waals surface area contributed by atoms with E-state index in [9.17, 15) is 0 Å². The zero-order chi connectivity index (χ0) is 12.1. The topological polar surface area (TPSA) is 21.3 Å². The minimum atomic E-state index is 0.700. The van der Waals surface area contributed by atoms with E-state index >= 15 is 0 Å². The highest BCUT2D eigenvalue weighted by molar-refractivity contribution is 5.31. The van der Waals surface area contributed by atoms with Crippen molar-refractivity contribution in [3.05, 3.63) is 29.8 Å². The third kappa shape index (κ3) is 3.01. The lowest BCUT2D eigenvalue weighted by molar-refractivity contribution is 0.300. The van der Waals surface area contributed by atoms with E-state index in [2.05, 4.69) is 30.6 Å². The summed E-state index contributed by atoms with van der Waals surface area (Å²) < 4.78 is 5.33. The molecule has 0 amide bonds. The monoisotopic (exact) mass is 233 g/mol. The van der Waals surface area contributed by atoms with Crippen LogP contribution in [0.2, 0.25) is 0 Å². The summed E-state index contributed by atoms with van der Waals surface area (Å²) in [5.74, 6) is 2.46. The molecule has 2 nitrogen and oxygen atoms in total. The SMILES string of the molecule is CNCC1CCCCC1c1cccc(OC)c1. The number of ether oxygens (including phenoxy) is 1. The van der Waals surface area contributed by atoms with Gasteiger partial charge in [0.2, 0.25) is 0 Å². The summed E-state index contributed by atoms with van der Waals surface area (Å²) in [6.07, 6.45) is 5.41. The molecule has 1 N–H and O–H groups in total. The van der Waals surface area contributed by atoms with Gasteiger partial charge < -0.3 is 10.1 Å². The maximum absolute atomic E-state index is 5.33. The maximum atomic E-state index is 5.33. The third-order valence-corrected chi connectivity index (χ3v) is 3.90. The molecule has 2 atom stereocenters. The van der Waals surface area contributed by atoms with Gasteiger partial charge in [-0.15, -0.1) is 0 Å². The minimum absolute atomic E-state index is 0.700. The first-order chi connectivity index (χ1) is 8.35. The van der Waals surface area contributed by atoms with Gasteiger partial charge in [-0.2, -0.15) is 0 Å². The molecule has 1 aromatic rings. The van der Waals surface area contributed by atoms with Crippen LogP contribution in [0.15, 0.2) is 24.3 Å². The van der Waals surface area contributed by atoms with Gasteiger partial charge in [0.15, 0.2) is 0 Å². The van der Waals surface area contributed by atoms with Crippen LogP contribution >= 0.6 is 0 Å². The highest BCUT2D eigenvalue weighted by Crippen LogP contribution is 2.38. The summed E-state index contributed by atoms with van der Waals surface area (Å²) in [6.45, 7) is 1.13. The van der Waals surface area contributed by atoms with E-state index < -0.39 is 0 Å². The lowest BCUT2D eigenvalue weighted by Gasteiger charge is -2.32. The molecular formula is C15H23NO. The second-order valence-corrected chi connectivity index (χ2v) is 4.99. The van der Waals surface area contributed by atoms with Gasteiger partial charge in [0.05, 0.1) is 7.11 Å². The van der Waals surface area contributed by atoms with Crippen LogP contribution in [0.4, 0.5) is 0 Å². The number of benzene rings is 1. The van der Waals surface area contributed by atoms with Gasteiger partial charge in [-0.3, -0.25) is 0 Å². The van der Waals surface area contributed by atoms with Gasteiger partial charge in [-0.1, -0.05) is 25.0 Å². The third-order valence-electron chi connectivity index (χ3n) is 3.90. The normalized spacial score (nSPS) is 24.6. The Kier molecular flexibility index (Phi) is 4.43. The van der Waals surface area contributed by atoms with Crippen molar-refractivity contribution in [2.45, 2.75) is 31.6 Å². The highest BCUT2D eigenvalue weighted by Gasteiger charge is 2.25. The van der Waals surface area contributed by atoms with Gasteiger partial charge in [-0.05, 0) is 56.0 Å². The lowest BCUT2D eigenvalue weighted by Crippen LogP contribution is -2.27. The van der Waals surface area contributed by atoms with Crippen molar-refractivity contribution in [1.29, 1.82) is 0 Å². The molecule has 94 valence electrons. The number of rotatable bonds is 4. The molecular weight excluding hydrogens is 210 g/mol. The second kappa shape index (κ2) is 6.06. The van der Waals surface area contributed by atoms with Gasteiger partial charge in [-0.25, -0.2) is 0 Å². The van der Waals surface area contributed by atoms with Crippen LogP contribution in [0.1, 0.15) is 37.2 Å². The van der Waals surface area contributed by atoms with Crippen molar-refractivity contribution in [3.8, 4) is 5.75 Å². The first kappa shape index (κ1) is 12.4. The molecule has 1 aromatic carbocycles. The Bertz CT molecular complexity index is 349. The van der Waals surface area contributed by atoms with Crippen molar-refractivity contribution >= 4 is 0 Å². The van der Waals surface area contributed by atoms with E-state index in [4.69, 9.17) is 4.74 Å². The summed E-state index contributed by atoms with van der Waals surface area (Å²) in [4.78, 5) is 0. The summed E-state index contributed by atoms with van der Waals surface area (Å²) in [7, 11) is 3.79. The van der Waals surface area contributed by atoms with Crippen molar-refractivity contribution in [2.75, 3.05) is 20.7 Å². The van der Waals surface area contributed by atoms with E-state index in [0.717, 1.165) is 18.2 Å². The van der Waals surface area contributed by atoms with Gasteiger partial charge in [0.1, 0.15) is 5.75 Å². The van der Waals surface area contributed by atoms with Crippen LogP contribution < -0.4 is 10.1 Å². The molecule has 1 aliphatic rings. The number of hydrogen-bond donors (Lipinski definition) is 1. The first-order valence-corrected chi connectivity index (χ1v) is 6.63. The van der Waals surface area contributed by atoms with E-state index in [1.54, 1.807) is 7.11 Å². The van der Waals surface area contributed by atoms with Crippen molar-refractivity contribution in [2.24, 2.45) is 5.92 Å². The number of methoxy groups -OCH3 is 1. The molecule has 0 bridgehead atoms. The van der Waals surface area contributed by atoms with E-state index in [0.29, 0.717) is 5.92 Å². The predicted molar refractivity (Wildman–Crippen MR) is 71.6 cm³/mol. The van der Waals surface area contributed by atoms with Gasteiger partial charge in [0, 0.05) is 0 Å². The summed E-state index contributed by atoms with van der Waals surface area (Å²) in [5, 5.41) is 3.33. The standard InChI is InChI=1S/C15H23NO/c1-16-11-13-6-3-4-9-15(13)12-7-5-8-14(10-12)17-2/h5,7-8,10,13,15-16H,3-4,6,9,11H2,1-2H3. The fourth-order valence-corrected chi connectivity index (χ4v) is 3.03. The molecule has 1 saturated carbocycles. The average Bonchev–Trinajstić information content (AvgIpc) is 2.40. The average molecular weight is 233 g/mol. The van der Waals surface area contributed by atoms with Crippen LogP contribution in [0.3, 0.4) is 0 Å². The Morgan fingerprint density at radius 2 is 2.12 bits per heavy atom. The first-order valence-electron chi connectivity index (χ1n) is 6.63. The minimum Gasteiger partial charge on any atom is -0.497 e. The van der Waals surface area contributed by atoms with Crippen LogP contribution in [-0.4, -0.2) is 20.7 Å². The predicted octanol–water partition coefficient (Wildman–Crippen LogP) is 3.19. The zero-order valence-electron chi connectivity index (χ0n) is 10.9. The smallest absolute Gasteiger partial charge is 0.119 e. The van der Waals surface area contributed by atoms with Crippen LogP contribution in [0, 0.1) is 5.92 Å². The molecule has 2 heteroatoms. The molecule has 0 spiro atoms. The molecule has 0 radical (unpaired) electrons. The summed E-state index contributed by atoms with van der Waals surface area (Å²) >= 11 is 0. The zero-order valence-corrected chi connectivity index (χ0v) is 10.9. The highest BCUT2D eigenvalue weighted by atomic mass is 16.5. The van der Waals surface area contributed by atoms with Crippen LogP contribution in [-0.2, 0) is 0 Å². The molecule has 0 saturated heterocycles. The molecule has 0 aromatic heterocycles. The maximum Gasteiger partial charge on any atom is 0.119 e. The van der Waals surface area contributed by atoms with Crippen molar-refractivity contribution in [1.82, 2.24) is 5.32 Å². The van der Waals surface area contributed by atoms with Gasteiger partial charge in [0.25, 0.3) is 0 Å². The van der Waals surface area contributed by atoms with E-state index in [1.165, 1.54) is 31.2 Å². The Morgan fingerprint density at radius 3 is 2.88 bits per heavy atom. The fourth-order valence-electron chi connectivity index (χ4n) is 3.03.